The smallest absolute Gasteiger partial charge is 0.256 e. The van der Waals surface area contributed by atoms with E-state index in [0.717, 1.165) is 12.8 Å². The minimum atomic E-state index is -0.507. The summed E-state index contributed by atoms with van der Waals surface area (Å²) < 4.78 is 13.7. The van der Waals surface area contributed by atoms with Crippen LogP contribution in [0.4, 0.5) is 4.39 Å². The molecule has 0 aromatic heterocycles. The summed E-state index contributed by atoms with van der Waals surface area (Å²) in [4.78, 5) is 14.0. The molecule has 98 valence electrons. The van der Waals surface area contributed by atoms with E-state index in [1.165, 1.54) is 18.2 Å². The molecule has 0 spiro atoms. The van der Waals surface area contributed by atoms with Crippen LogP contribution < -0.4 is 0 Å². The summed E-state index contributed by atoms with van der Waals surface area (Å²) in [5.41, 5.74) is 0.170. The maximum absolute atomic E-state index is 13.7. The van der Waals surface area contributed by atoms with Crippen LogP contribution in [0.5, 0.6) is 0 Å². The highest BCUT2D eigenvalue weighted by molar-refractivity contribution is 6.31. The molecule has 0 unspecified atom stereocenters. The summed E-state index contributed by atoms with van der Waals surface area (Å²) in [7, 11) is 0. The second-order valence-corrected chi connectivity index (χ2v) is 6.06. The molecule has 0 atom stereocenters. The van der Waals surface area contributed by atoms with Crippen LogP contribution in [0.3, 0.4) is 0 Å². The van der Waals surface area contributed by atoms with Crippen LogP contribution in [0.2, 0.25) is 5.02 Å². The summed E-state index contributed by atoms with van der Waals surface area (Å²) in [5, 5.41) is 0.385. The predicted octanol–water partition coefficient (Wildman–Crippen LogP) is 3.74. The van der Waals surface area contributed by atoms with Crippen LogP contribution in [0.25, 0.3) is 0 Å². The number of hydrogen-bond acceptors (Lipinski definition) is 1. The molecule has 1 amide bonds. The number of amides is 1. The number of carbonyl (C=O) groups is 1. The second-order valence-electron chi connectivity index (χ2n) is 5.62. The molecule has 0 bridgehead atoms. The van der Waals surface area contributed by atoms with Crippen molar-refractivity contribution in [1.29, 1.82) is 0 Å². The third-order valence-electron chi connectivity index (χ3n) is 3.35. The standard InChI is InChI=1S/C14H17ClFNO/c1-14(2)6-3-7-17(9-14)13(18)11-8-10(15)4-5-12(11)16/h4-5,8H,3,6-7,9H2,1-2H3. The molecule has 1 heterocycles. The van der Waals surface area contributed by atoms with Crippen LogP contribution in [0, 0.1) is 11.2 Å². The van der Waals surface area contributed by atoms with Crippen LogP contribution in [-0.2, 0) is 0 Å². The van der Waals surface area contributed by atoms with Crippen molar-refractivity contribution in [3.05, 3.63) is 34.6 Å². The topological polar surface area (TPSA) is 20.3 Å². The molecule has 0 radical (unpaired) electrons. The van der Waals surface area contributed by atoms with E-state index < -0.39 is 5.82 Å². The highest BCUT2D eigenvalue weighted by Crippen LogP contribution is 2.29. The van der Waals surface area contributed by atoms with Gasteiger partial charge < -0.3 is 4.90 Å². The number of likely N-dealkylation sites (tertiary alicyclic amines) is 1. The molecule has 2 rings (SSSR count). The van der Waals surface area contributed by atoms with Gasteiger partial charge in [0.15, 0.2) is 0 Å². The van der Waals surface area contributed by atoms with Gasteiger partial charge in [-0.05, 0) is 36.5 Å². The molecule has 0 N–H and O–H groups in total. The molecular formula is C14H17ClFNO. The molecule has 1 aromatic rings. The van der Waals surface area contributed by atoms with Gasteiger partial charge in [0, 0.05) is 18.1 Å². The van der Waals surface area contributed by atoms with E-state index in [0.29, 0.717) is 18.1 Å². The summed E-state index contributed by atoms with van der Waals surface area (Å²) in [6, 6.07) is 4.10. The fourth-order valence-electron chi connectivity index (χ4n) is 2.43. The van der Waals surface area contributed by atoms with Gasteiger partial charge in [-0.25, -0.2) is 4.39 Å². The number of halogens is 2. The molecule has 0 aliphatic carbocycles. The van der Waals surface area contributed by atoms with Crippen molar-refractivity contribution in [2.24, 2.45) is 5.41 Å². The normalized spacial score (nSPS) is 18.8. The summed E-state index contributed by atoms with van der Waals surface area (Å²) in [6.07, 6.45) is 2.05. The first kappa shape index (κ1) is 13.3. The van der Waals surface area contributed by atoms with E-state index in [1.807, 2.05) is 0 Å². The Morgan fingerprint density at radius 1 is 1.44 bits per heavy atom. The van der Waals surface area contributed by atoms with Gasteiger partial charge in [-0.2, -0.15) is 0 Å². The molecule has 1 aromatic carbocycles. The van der Waals surface area contributed by atoms with Gasteiger partial charge in [0.05, 0.1) is 5.56 Å². The fourth-order valence-corrected chi connectivity index (χ4v) is 2.60. The molecule has 1 fully saturated rings. The minimum Gasteiger partial charge on any atom is -0.338 e. The first-order chi connectivity index (χ1) is 8.39. The lowest BCUT2D eigenvalue weighted by atomic mass is 9.84. The predicted molar refractivity (Wildman–Crippen MR) is 70.3 cm³/mol. The van der Waals surface area contributed by atoms with Crippen molar-refractivity contribution in [3.8, 4) is 0 Å². The molecule has 1 saturated heterocycles. The van der Waals surface area contributed by atoms with Crippen LogP contribution in [0.15, 0.2) is 18.2 Å². The number of benzene rings is 1. The van der Waals surface area contributed by atoms with Crippen LogP contribution >= 0.6 is 11.6 Å². The van der Waals surface area contributed by atoms with Gasteiger partial charge in [-0.1, -0.05) is 25.4 Å². The zero-order valence-electron chi connectivity index (χ0n) is 10.7. The lowest BCUT2D eigenvalue weighted by molar-refractivity contribution is 0.0579. The Hall–Kier alpha value is -1.09. The fraction of sp³-hybridized carbons (Fsp3) is 0.500. The Kier molecular flexibility index (Phi) is 3.62. The Labute approximate surface area is 112 Å². The van der Waals surface area contributed by atoms with E-state index in [9.17, 15) is 9.18 Å². The Morgan fingerprint density at radius 2 is 2.17 bits per heavy atom. The first-order valence-corrected chi connectivity index (χ1v) is 6.51. The van der Waals surface area contributed by atoms with Gasteiger partial charge in [0.1, 0.15) is 5.82 Å². The number of hydrogen-bond donors (Lipinski definition) is 0. The molecule has 0 saturated carbocycles. The lowest BCUT2D eigenvalue weighted by Crippen LogP contribution is -2.43. The van der Waals surface area contributed by atoms with Gasteiger partial charge >= 0.3 is 0 Å². The quantitative estimate of drug-likeness (QED) is 0.760. The zero-order valence-corrected chi connectivity index (χ0v) is 11.4. The molecule has 2 nitrogen and oxygen atoms in total. The highest BCUT2D eigenvalue weighted by Gasteiger charge is 2.30. The number of carbonyl (C=O) groups excluding carboxylic acids is 1. The number of rotatable bonds is 1. The third kappa shape index (κ3) is 2.83. The number of nitrogens with zero attached hydrogens (tertiary/aromatic N) is 1. The third-order valence-corrected chi connectivity index (χ3v) is 3.58. The van der Waals surface area contributed by atoms with Crippen molar-refractivity contribution in [2.45, 2.75) is 26.7 Å². The minimum absolute atomic E-state index is 0.0696. The van der Waals surface area contributed by atoms with Crippen molar-refractivity contribution < 1.29 is 9.18 Å². The summed E-state index contributed by atoms with van der Waals surface area (Å²) >= 11 is 5.82. The van der Waals surface area contributed by atoms with Gasteiger partial charge in [0.2, 0.25) is 0 Å². The maximum Gasteiger partial charge on any atom is 0.256 e. The van der Waals surface area contributed by atoms with Crippen molar-refractivity contribution in [3.63, 3.8) is 0 Å². The van der Waals surface area contributed by atoms with Crippen molar-refractivity contribution in [2.75, 3.05) is 13.1 Å². The number of piperidine rings is 1. The van der Waals surface area contributed by atoms with Crippen LogP contribution in [0.1, 0.15) is 37.0 Å². The second kappa shape index (κ2) is 4.88. The van der Waals surface area contributed by atoms with E-state index in [1.54, 1.807) is 4.90 Å². The van der Waals surface area contributed by atoms with E-state index in [2.05, 4.69) is 13.8 Å². The highest BCUT2D eigenvalue weighted by atomic mass is 35.5. The Balaban J connectivity index is 2.23. The zero-order chi connectivity index (χ0) is 13.3. The van der Waals surface area contributed by atoms with Crippen molar-refractivity contribution >= 4 is 17.5 Å². The molecular weight excluding hydrogens is 253 g/mol. The average Bonchev–Trinajstić information content (AvgIpc) is 2.30. The first-order valence-electron chi connectivity index (χ1n) is 6.13. The molecule has 18 heavy (non-hydrogen) atoms. The SMILES string of the molecule is CC1(C)CCCN(C(=O)c2cc(Cl)ccc2F)C1. The monoisotopic (exact) mass is 269 g/mol. The van der Waals surface area contributed by atoms with E-state index >= 15 is 0 Å². The molecule has 1 aliphatic rings. The van der Waals surface area contributed by atoms with Crippen molar-refractivity contribution in [1.82, 2.24) is 4.90 Å². The van der Waals surface area contributed by atoms with Gasteiger partial charge in [-0.15, -0.1) is 0 Å². The average molecular weight is 270 g/mol. The molecule has 4 heteroatoms. The summed E-state index contributed by atoms with van der Waals surface area (Å²) in [5.74, 6) is -0.768. The lowest BCUT2D eigenvalue weighted by Gasteiger charge is -2.38. The van der Waals surface area contributed by atoms with Gasteiger partial charge in [-0.3, -0.25) is 4.79 Å². The Bertz CT molecular complexity index is 473. The largest absolute Gasteiger partial charge is 0.338 e. The Morgan fingerprint density at radius 3 is 2.83 bits per heavy atom. The van der Waals surface area contributed by atoms with E-state index in [-0.39, 0.29) is 16.9 Å². The van der Waals surface area contributed by atoms with Crippen LogP contribution in [-0.4, -0.2) is 23.9 Å². The summed E-state index contributed by atoms with van der Waals surface area (Å²) in [6.45, 7) is 5.60. The maximum atomic E-state index is 13.7. The van der Waals surface area contributed by atoms with E-state index in [4.69, 9.17) is 11.6 Å². The van der Waals surface area contributed by atoms with Gasteiger partial charge in [0.25, 0.3) is 5.91 Å². The molecule has 1 aliphatic heterocycles.